The van der Waals surface area contributed by atoms with E-state index >= 15 is 0 Å². The molecule has 1 aliphatic carbocycles. The summed E-state index contributed by atoms with van der Waals surface area (Å²) >= 11 is 6.14. The molecule has 1 N–H and O–H groups in total. The third kappa shape index (κ3) is 4.92. The molecule has 3 fully saturated rings. The number of halogens is 2. The van der Waals surface area contributed by atoms with E-state index in [4.69, 9.17) is 16.3 Å². The molecule has 9 heteroatoms. The minimum atomic E-state index is -1.20. The predicted octanol–water partition coefficient (Wildman–Crippen LogP) is 4.64. The number of ketones is 1. The van der Waals surface area contributed by atoms with Gasteiger partial charge >= 0.3 is 6.09 Å². The van der Waals surface area contributed by atoms with Crippen LogP contribution in [0.5, 0.6) is 5.75 Å². The third-order valence-electron chi connectivity index (χ3n) is 8.58. The van der Waals surface area contributed by atoms with E-state index in [0.29, 0.717) is 37.5 Å². The number of carbonyl (C=O) groups excluding carboxylic acids is 3. The highest BCUT2D eigenvalue weighted by molar-refractivity contribution is 6.30. The largest absolute Gasteiger partial charge is 0.415 e. The number of nitrogens with one attached hydrogen (secondary N) is 1. The highest BCUT2D eigenvalue weighted by atomic mass is 35.5. The van der Waals surface area contributed by atoms with Crippen LogP contribution in [-0.4, -0.2) is 66.3 Å². The van der Waals surface area contributed by atoms with Gasteiger partial charge in [-0.05, 0) is 67.6 Å². The summed E-state index contributed by atoms with van der Waals surface area (Å²) in [5, 5.41) is 3.93. The number of hydrogen-bond acceptors (Lipinski definition) is 5. The van der Waals surface area contributed by atoms with Crippen LogP contribution in [-0.2, 0) is 9.59 Å². The molecule has 0 aromatic heterocycles. The van der Waals surface area contributed by atoms with Crippen LogP contribution in [0.4, 0.5) is 9.18 Å². The quantitative estimate of drug-likeness (QED) is 0.576. The lowest BCUT2D eigenvalue weighted by atomic mass is 9.72. The SMILES string of the molecule is CN(C(=O)Oc1ccc(F)cc1)[C@@]1(C(=O)C2CCN(C(=O)C3(C)CC3)CC2)CNC[C@@H]1c1ccc(Cl)cc1. The number of amides is 2. The Morgan fingerprint density at radius 1 is 1.05 bits per heavy atom. The molecule has 5 rings (SSSR count). The van der Waals surface area contributed by atoms with Gasteiger partial charge in [-0.2, -0.15) is 0 Å². The molecular formula is C29H33ClFN3O4. The molecule has 2 amide bonds. The van der Waals surface area contributed by atoms with Crippen molar-refractivity contribution in [3.63, 3.8) is 0 Å². The van der Waals surface area contributed by atoms with Crippen molar-refractivity contribution in [1.82, 2.24) is 15.1 Å². The molecule has 2 aromatic carbocycles. The molecule has 2 aliphatic heterocycles. The summed E-state index contributed by atoms with van der Waals surface area (Å²) in [5.74, 6) is -0.733. The van der Waals surface area contributed by atoms with Gasteiger partial charge in [-0.25, -0.2) is 9.18 Å². The van der Waals surface area contributed by atoms with Gasteiger partial charge in [-0.1, -0.05) is 30.7 Å². The van der Waals surface area contributed by atoms with Gasteiger partial charge in [0.1, 0.15) is 17.1 Å². The molecule has 7 nitrogen and oxygen atoms in total. The Morgan fingerprint density at radius 2 is 1.68 bits per heavy atom. The van der Waals surface area contributed by atoms with E-state index in [9.17, 15) is 18.8 Å². The molecule has 2 heterocycles. The van der Waals surface area contributed by atoms with Crippen molar-refractivity contribution in [2.24, 2.45) is 11.3 Å². The molecule has 202 valence electrons. The van der Waals surface area contributed by atoms with Crippen molar-refractivity contribution in [3.05, 3.63) is 64.9 Å². The second-order valence-electron chi connectivity index (χ2n) is 11.0. The Morgan fingerprint density at radius 3 is 2.29 bits per heavy atom. The molecule has 0 unspecified atom stereocenters. The van der Waals surface area contributed by atoms with Gasteiger partial charge in [0, 0.05) is 55.5 Å². The minimum absolute atomic E-state index is 0.0364. The zero-order chi connectivity index (χ0) is 27.1. The number of ether oxygens (including phenoxy) is 1. The lowest BCUT2D eigenvalue weighted by Gasteiger charge is -2.44. The summed E-state index contributed by atoms with van der Waals surface area (Å²) in [6.45, 7) is 3.83. The fourth-order valence-electron chi connectivity index (χ4n) is 5.88. The van der Waals surface area contributed by atoms with Crippen molar-refractivity contribution in [2.45, 2.75) is 44.1 Å². The van der Waals surface area contributed by atoms with E-state index in [-0.39, 0.29) is 41.2 Å². The van der Waals surface area contributed by atoms with Crippen molar-refractivity contribution in [3.8, 4) is 5.75 Å². The summed E-state index contributed by atoms with van der Waals surface area (Å²) in [5.41, 5.74) is -0.551. The Kier molecular flexibility index (Phi) is 7.22. The molecular weight excluding hydrogens is 509 g/mol. The van der Waals surface area contributed by atoms with Crippen LogP contribution in [0.3, 0.4) is 0 Å². The standard InChI is InChI=1S/C29H33ClFN3O4/c1-28(13-14-28)26(36)34-15-11-20(12-16-34)25(35)29(18-32-17-24(29)19-3-5-21(30)6-4-19)33(2)27(37)38-23-9-7-22(31)8-10-23/h3-10,20,24,32H,11-18H2,1-2H3/t24-,29+/m1/s1. The monoisotopic (exact) mass is 541 g/mol. The summed E-state index contributed by atoms with van der Waals surface area (Å²) in [7, 11) is 1.59. The molecule has 2 atom stereocenters. The first-order valence-electron chi connectivity index (χ1n) is 13.2. The molecule has 0 radical (unpaired) electrons. The zero-order valence-electron chi connectivity index (χ0n) is 21.7. The van der Waals surface area contributed by atoms with Crippen molar-refractivity contribution >= 4 is 29.4 Å². The van der Waals surface area contributed by atoms with Crippen LogP contribution in [0.15, 0.2) is 48.5 Å². The summed E-state index contributed by atoms with van der Waals surface area (Å²) in [4.78, 5) is 44.0. The topological polar surface area (TPSA) is 79.0 Å². The minimum Gasteiger partial charge on any atom is -0.410 e. The highest BCUT2D eigenvalue weighted by Crippen LogP contribution is 2.47. The molecule has 1 saturated carbocycles. The zero-order valence-corrected chi connectivity index (χ0v) is 22.5. The van der Waals surface area contributed by atoms with Crippen LogP contribution in [0.25, 0.3) is 0 Å². The van der Waals surface area contributed by atoms with Crippen molar-refractivity contribution < 1.29 is 23.5 Å². The number of rotatable bonds is 6. The van der Waals surface area contributed by atoms with E-state index in [1.54, 1.807) is 19.2 Å². The normalized spacial score (nSPS) is 24.6. The van der Waals surface area contributed by atoms with Gasteiger partial charge in [0.2, 0.25) is 5.91 Å². The number of piperidine rings is 1. The van der Waals surface area contributed by atoms with Gasteiger partial charge in [-0.3, -0.25) is 14.5 Å². The molecule has 38 heavy (non-hydrogen) atoms. The van der Waals surface area contributed by atoms with Crippen molar-refractivity contribution in [2.75, 3.05) is 33.2 Å². The van der Waals surface area contributed by atoms with Crippen molar-refractivity contribution in [1.29, 1.82) is 0 Å². The van der Waals surface area contributed by atoms with E-state index in [0.717, 1.165) is 18.4 Å². The van der Waals surface area contributed by atoms with E-state index in [2.05, 4.69) is 5.32 Å². The van der Waals surface area contributed by atoms with Crippen LogP contribution in [0.2, 0.25) is 5.02 Å². The van der Waals surface area contributed by atoms with E-state index in [1.165, 1.54) is 29.2 Å². The Hall–Kier alpha value is -2.97. The smallest absolute Gasteiger partial charge is 0.410 e. The number of benzene rings is 2. The van der Waals surface area contributed by atoms with Crippen LogP contribution < -0.4 is 10.1 Å². The second-order valence-corrected chi connectivity index (χ2v) is 11.5. The first kappa shape index (κ1) is 26.6. The Balaban J connectivity index is 1.41. The summed E-state index contributed by atoms with van der Waals surface area (Å²) in [6, 6.07) is 12.5. The number of hydrogen-bond donors (Lipinski definition) is 1. The average Bonchev–Trinajstić information content (AvgIpc) is 3.52. The predicted molar refractivity (Wildman–Crippen MR) is 142 cm³/mol. The van der Waals surface area contributed by atoms with Gasteiger partial charge in [0.15, 0.2) is 5.78 Å². The van der Waals surface area contributed by atoms with Crippen LogP contribution in [0.1, 0.15) is 44.1 Å². The lowest BCUT2D eigenvalue weighted by molar-refractivity contribution is -0.142. The summed E-state index contributed by atoms with van der Waals surface area (Å²) in [6.07, 6.45) is 2.25. The first-order chi connectivity index (χ1) is 18.1. The maximum absolute atomic E-state index is 14.4. The second kappa shape index (κ2) is 10.3. The number of nitrogens with zero attached hydrogens (tertiary/aromatic N) is 2. The Labute approximate surface area is 227 Å². The van der Waals surface area contributed by atoms with Gasteiger partial charge in [0.25, 0.3) is 0 Å². The fourth-order valence-corrected chi connectivity index (χ4v) is 6.01. The van der Waals surface area contributed by atoms with Gasteiger partial charge < -0.3 is 15.0 Å². The van der Waals surface area contributed by atoms with E-state index in [1.807, 2.05) is 24.0 Å². The molecule has 3 aliphatic rings. The highest BCUT2D eigenvalue weighted by Gasteiger charge is 2.57. The summed E-state index contributed by atoms with van der Waals surface area (Å²) < 4.78 is 18.9. The third-order valence-corrected chi connectivity index (χ3v) is 8.83. The average molecular weight is 542 g/mol. The fraction of sp³-hybridized carbons (Fsp3) is 0.483. The molecule has 2 aromatic rings. The van der Waals surface area contributed by atoms with Crippen LogP contribution in [0, 0.1) is 17.2 Å². The number of likely N-dealkylation sites (tertiary alicyclic amines) is 1. The maximum Gasteiger partial charge on any atom is 0.415 e. The maximum atomic E-state index is 14.4. The van der Waals surface area contributed by atoms with Crippen LogP contribution >= 0.6 is 11.6 Å². The van der Waals surface area contributed by atoms with E-state index < -0.39 is 17.4 Å². The number of likely N-dealkylation sites (N-methyl/N-ethyl adjacent to an activating group) is 1. The molecule has 2 saturated heterocycles. The molecule has 0 spiro atoms. The molecule has 0 bridgehead atoms. The van der Waals surface area contributed by atoms with Gasteiger partial charge in [0.05, 0.1) is 0 Å². The number of carbonyl (C=O) groups is 3. The Bertz CT molecular complexity index is 1210. The van der Waals surface area contributed by atoms with Gasteiger partial charge in [-0.15, -0.1) is 0 Å². The lowest BCUT2D eigenvalue weighted by Crippen LogP contribution is -2.62. The first-order valence-corrected chi connectivity index (χ1v) is 13.5. The number of Topliss-reactive ketones (excluding diaryl/α,β-unsaturated/α-hetero) is 1.